The molecule has 2 aromatic heterocycles. The zero-order valence-corrected chi connectivity index (χ0v) is 11.8. The molecule has 2 heterocycles. The third-order valence-corrected chi connectivity index (χ3v) is 3.71. The van der Waals surface area contributed by atoms with Crippen molar-refractivity contribution in [2.24, 2.45) is 5.92 Å². The lowest BCUT2D eigenvalue weighted by Crippen LogP contribution is -2.30. The molecule has 0 radical (unpaired) electrons. The quantitative estimate of drug-likeness (QED) is 0.875. The number of rotatable bonds is 4. The molecule has 1 N–H and O–H groups in total. The monoisotopic (exact) mass is 282 g/mol. The summed E-state index contributed by atoms with van der Waals surface area (Å²) in [7, 11) is 0. The van der Waals surface area contributed by atoms with Crippen LogP contribution in [0.1, 0.15) is 24.8 Å². The van der Waals surface area contributed by atoms with Crippen LogP contribution in [0, 0.1) is 5.92 Å². The first kappa shape index (κ1) is 13.6. The number of allylic oxidation sites excluding steroid dienone is 2. The maximum atomic E-state index is 12.1. The SMILES string of the molecule is O=C(NCc1cncc(-c2ccco2)c1)C1CC=CCC1. The molecule has 4 heteroatoms. The van der Waals surface area contributed by atoms with Crippen LogP contribution in [0.2, 0.25) is 0 Å². The van der Waals surface area contributed by atoms with Crippen molar-refractivity contribution in [2.45, 2.75) is 25.8 Å². The van der Waals surface area contributed by atoms with Gasteiger partial charge in [0.15, 0.2) is 0 Å². The van der Waals surface area contributed by atoms with E-state index in [4.69, 9.17) is 4.42 Å². The number of hydrogen-bond donors (Lipinski definition) is 1. The Kier molecular flexibility index (Phi) is 4.15. The van der Waals surface area contributed by atoms with E-state index in [-0.39, 0.29) is 11.8 Å². The Morgan fingerprint density at radius 2 is 2.33 bits per heavy atom. The van der Waals surface area contributed by atoms with Crippen molar-refractivity contribution in [1.29, 1.82) is 0 Å². The van der Waals surface area contributed by atoms with Gasteiger partial charge in [-0.05, 0) is 43.0 Å². The van der Waals surface area contributed by atoms with Crippen molar-refractivity contribution in [3.8, 4) is 11.3 Å². The molecule has 0 saturated heterocycles. The van der Waals surface area contributed by atoms with Gasteiger partial charge in [-0.15, -0.1) is 0 Å². The van der Waals surface area contributed by atoms with Crippen LogP contribution in [0.4, 0.5) is 0 Å². The number of furan rings is 1. The Balaban J connectivity index is 1.61. The third kappa shape index (κ3) is 3.40. The Morgan fingerprint density at radius 3 is 3.10 bits per heavy atom. The molecule has 2 aromatic rings. The standard InChI is InChI=1S/C17H18N2O2/c20-17(14-5-2-1-3-6-14)19-11-13-9-15(12-18-10-13)16-7-4-8-21-16/h1-2,4,7-10,12,14H,3,5-6,11H2,(H,19,20). The van der Waals surface area contributed by atoms with Crippen LogP contribution < -0.4 is 5.32 Å². The Hall–Kier alpha value is -2.36. The van der Waals surface area contributed by atoms with Gasteiger partial charge in [0.25, 0.3) is 0 Å². The molecular formula is C17H18N2O2. The molecule has 4 nitrogen and oxygen atoms in total. The lowest BCUT2D eigenvalue weighted by Gasteiger charge is -2.17. The average molecular weight is 282 g/mol. The highest BCUT2D eigenvalue weighted by atomic mass is 16.3. The van der Waals surface area contributed by atoms with E-state index in [1.165, 1.54) is 0 Å². The second-order valence-corrected chi connectivity index (χ2v) is 5.26. The summed E-state index contributed by atoms with van der Waals surface area (Å²) in [6, 6.07) is 5.74. The highest BCUT2D eigenvalue weighted by molar-refractivity contribution is 5.79. The first-order valence-electron chi connectivity index (χ1n) is 7.23. The minimum Gasteiger partial charge on any atom is -0.464 e. The van der Waals surface area contributed by atoms with Gasteiger partial charge in [-0.2, -0.15) is 0 Å². The van der Waals surface area contributed by atoms with E-state index in [1.54, 1.807) is 18.7 Å². The van der Waals surface area contributed by atoms with E-state index in [9.17, 15) is 4.79 Å². The van der Waals surface area contributed by atoms with E-state index < -0.39 is 0 Å². The number of aromatic nitrogens is 1. The van der Waals surface area contributed by atoms with Gasteiger partial charge < -0.3 is 9.73 Å². The highest BCUT2D eigenvalue weighted by Gasteiger charge is 2.18. The maximum absolute atomic E-state index is 12.1. The molecule has 1 aliphatic carbocycles. The number of amides is 1. The van der Waals surface area contributed by atoms with Crippen LogP contribution in [0.3, 0.4) is 0 Å². The predicted molar refractivity (Wildman–Crippen MR) is 80.3 cm³/mol. The fraction of sp³-hybridized carbons (Fsp3) is 0.294. The van der Waals surface area contributed by atoms with Crippen LogP contribution in [0.5, 0.6) is 0 Å². The van der Waals surface area contributed by atoms with Gasteiger partial charge in [-0.3, -0.25) is 9.78 Å². The van der Waals surface area contributed by atoms with E-state index in [0.717, 1.165) is 36.1 Å². The van der Waals surface area contributed by atoms with E-state index in [2.05, 4.69) is 22.5 Å². The van der Waals surface area contributed by atoms with Crippen molar-refractivity contribution in [2.75, 3.05) is 0 Å². The molecule has 0 saturated carbocycles. The maximum Gasteiger partial charge on any atom is 0.223 e. The van der Waals surface area contributed by atoms with Crippen molar-refractivity contribution in [3.05, 3.63) is 54.6 Å². The molecule has 0 bridgehead atoms. The number of nitrogens with one attached hydrogen (secondary N) is 1. The summed E-state index contributed by atoms with van der Waals surface area (Å²) in [4.78, 5) is 16.3. The molecule has 0 fully saturated rings. The molecule has 1 aliphatic rings. The third-order valence-electron chi connectivity index (χ3n) is 3.71. The number of carbonyl (C=O) groups is 1. The number of hydrogen-bond acceptors (Lipinski definition) is 3. The molecule has 21 heavy (non-hydrogen) atoms. The van der Waals surface area contributed by atoms with Crippen LogP contribution in [-0.4, -0.2) is 10.9 Å². The van der Waals surface area contributed by atoms with Gasteiger partial charge in [-0.25, -0.2) is 0 Å². The summed E-state index contributed by atoms with van der Waals surface area (Å²) in [5.74, 6) is 1.02. The molecule has 0 aliphatic heterocycles. The van der Waals surface area contributed by atoms with Gasteiger partial charge in [0.05, 0.1) is 6.26 Å². The van der Waals surface area contributed by atoms with E-state index in [0.29, 0.717) is 6.54 Å². The zero-order chi connectivity index (χ0) is 14.5. The summed E-state index contributed by atoms with van der Waals surface area (Å²) >= 11 is 0. The molecule has 1 unspecified atom stereocenters. The first-order chi connectivity index (χ1) is 10.3. The largest absolute Gasteiger partial charge is 0.464 e. The Morgan fingerprint density at radius 1 is 1.38 bits per heavy atom. The molecule has 0 spiro atoms. The van der Waals surface area contributed by atoms with Crippen LogP contribution >= 0.6 is 0 Å². The van der Waals surface area contributed by atoms with Gasteiger partial charge in [0.1, 0.15) is 5.76 Å². The van der Waals surface area contributed by atoms with Crippen molar-refractivity contribution in [3.63, 3.8) is 0 Å². The smallest absolute Gasteiger partial charge is 0.223 e. The number of nitrogens with zero attached hydrogens (tertiary/aromatic N) is 1. The minimum absolute atomic E-state index is 0.108. The highest BCUT2D eigenvalue weighted by Crippen LogP contribution is 2.20. The van der Waals surface area contributed by atoms with Crippen molar-refractivity contribution >= 4 is 5.91 Å². The second-order valence-electron chi connectivity index (χ2n) is 5.26. The van der Waals surface area contributed by atoms with Crippen molar-refractivity contribution < 1.29 is 9.21 Å². The summed E-state index contributed by atoms with van der Waals surface area (Å²) < 4.78 is 5.36. The van der Waals surface area contributed by atoms with Crippen LogP contribution in [-0.2, 0) is 11.3 Å². The van der Waals surface area contributed by atoms with E-state index >= 15 is 0 Å². The summed E-state index contributed by atoms with van der Waals surface area (Å²) in [5, 5.41) is 3.00. The summed E-state index contributed by atoms with van der Waals surface area (Å²) in [6.07, 6.45) is 12.2. The number of pyridine rings is 1. The van der Waals surface area contributed by atoms with Gasteiger partial charge in [0, 0.05) is 30.4 Å². The Labute approximate surface area is 123 Å². The molecule has 108 valence electrons. The van der Waals surface area contributed by atoms with Gasteiger partial charge in [-0.1, -0.05) is 12.2 Å². The first-order valence-corrected chi connectivity index (χ1v) is 7.23. The van der Waals surface area contributed by atoms with Gasteiger partial charge in [0.2, 0.25) is 5.91 Å². The average Bonchev–Trinajstić information content (AvgIpc) is 3.08. The molecule has 1 atom stereocenters. The fourth-order valence-electron chi connectivity index (χ4n) is 2.53. The normalized spacial score (nSPS) is 17.6. The van der Waals surface area contributed by atoms with Gasteiger partial charge >= 0.3 is 0 Å². The topological polar surface area (TPSA) is 55.1 Å². The minimum atomic E-state index is 0.108. The summed E-state index contributed by atoms with van der Waals surface area (Å²) in [6.45, 7) is 0.501. The van der Waals surface area contributed by atoms with E-state index in [1.807, 2.05) is 18.2 Å². The molecule has 0 aromatic carbocycles. The predicted octanol–water partition coefficient (Wildman–Crippen LogP) is 3.31. The summed E-state index contributed by atoms with van der Waals surface area (Å²) in [5.41, 5.74) is 1.90. The van der Waals surface area contributed by atoms with Crippen LogP contribution in [0.25, 0.3) is 11.3 Å². The zero-order valence-electron chi connectivity index (χ0n) is 11.8. The fourth-order valence-corrected chi connectivity index (χ4v) is 2.53. The lowest BCUT2D eigenvalue weighted by molar-refractivity contribution is -0.125. The second kappa shape index (κ2) is 6.39. The molecule has 1 amide bonds. The Bertz CT molecular complexity index is 632. The lowest BCUT2D eigenvalue weighted by atomic mass is 9.93. The van der Waals surface area contributed by atoms with Crippen LogP contribution in [0.15, 0.2) is 53.4 Å². The number of carbonyl (C=O) groups excluding carboxylic acids is 1. The van der Waals surface area contributed by atoms with Crippen molar-refractivity contribution in [1.82, 2.24) is 10.3 Å². The molecular weight excluding hydrogens is 264 g/mol. The molecule has 3 rings (SSSR count).